The van der Waals surface area contributed by atoms with E-state index in [0.29, 0.717) is 5.56 Å². The molecule has 1 rings (SSSR count). The number of nitriles is 1. The molecule has 2 atom stereocenters. The molecule has 0 spiro atoms. The van der Waals surface area contributed by atoms with Crippen LogP contribution in [0.15, 0.2) is 24.5 Å². The lowest BCUT2D eigenvalue weighted by molar-refractivity contribution is -0.144. The van der Waals surface area contributed by atoms with Crippen LogP contribution in [0.1, 0.15) is 23.7 Å². The molecule has 1 N–H and O–H groups in total. The maximum Gasteiger partial charge on any atom is 0.328 e. The second-order valence-corrected chi connectivity index (χ2v) is 4.05. The average molecular weight is 261 g/mol. The molecule has 0 bridgehead atoms. The normalized spacial score (nSPS) is 12.9. The molecule has 1 aromatic heterocycles. The number of hydrogen-bond donors (Lipinski definition) is 1. The van der Waals surface area contributed by atoms with Gasteiger partial charge in [-0.1, -0.05) is 6.92 Å². The van der Waals surface area contributed by atoms with Crippen LogP contribution in [0, 0.1) is 17.2 Å². The molecule has 0 saturated carbocycles. The number of methoxy groups -OCH3 is 1. The summed E-state index contributed by atoms with van der Waals surface area (Å²) in [6.07, 6.45) is 3.12. The highest BCUT2D eigenvalue weighted by Crippen LogP contribution is 2.10. The van der Waals surface area contributed by atoms with E-state index in [2.05, 4.69) is 15.0 Å². The van der Waals surface area contributed by atoms with Crippen molar-refractivity contribution in [3.05, 3.63) is 30.1 Å². The molecule has 6 heteroatoms. The number of hydrogen-bond acceptors (Lipinski definition) is 5. The Morgan fingerprint density at radius 1 is 1.47 bits per heavy atom. The van der Waals surface area contributed by atoms with Gasteiger partial charge in [0.2, 0.25) is 0 Å². The Labute approximate surface area is 111 Å². The van der Waals surface area contributed by atoms with Gasteiger partial charge in [0.15, 0.2) is 0 Å². The fourth-order valence-corrected chi connectivity index (χ4v) is 1.55. The van der Waals surface area contributed by atoms with E-state index >= 15 is 0 Å². The van der Waals surface area contributed by atoms with Crippen molar-refractivity contribution in [3.8, 4) is 6.07 Å². The van der Waals surface area contributed by atoms with E-state index in [0.717, 1.165) is 0 Å². The Bertz CT molecular complexity index is 482. The molecule has 1 aromatic rings. The molecule has 0 aromatic carbocycles. The third-order valence-corrected chi connectivity index (χ3v) is 2.67. The first kappa shape index (κ1) is 14.6. The molecular weight excluding hydrogens is 246 g/mol. The van der Waals surface area contributed by atoms with Crippen molar-refractivity contribution >= 4 is 11.9 Å². The van der Waals surface area contributed by atoms with Crippen molar-refractivity contribution in [2.45, 2.75) is 19.4 Å². The summed E-state index contributed by atoms with van der Waals surface area (Å²) < 4.78 is 4.64. The second kappa shape index (κ2) is 7.11. The highest BCUT2D eigenvalue weighted by molar-refractivity contribution is 5.96. The van der Waals surface area contributed by atoms with Gasteiger partial charge in [0, 0.05) is 30.3 Å². The minimum Gasteiger partial charge on any atom is -0.467 e. The van der Waals surface area contributed by atoms with E-state index < -0.39 is 17.9 Å². The van der Waals surface area contributed by atoms with Crippen molar-refractivity contribution in [1.82, 2.24) is 10.3 Å². The zero-order valence-corrected chi connectivity index (χ0v) is 10.8. The van der Waals surface area contributed by atoms with Crippen LogP contribution in [0.3, 0.4) is 0 Å². The van der Waals surface area contributed by atoms with Gasteiger partial charge in [0.25, 0.3) is 5.91 Å². The number of pyridine rings is 1. The van der Waals surface area contributed by atoms with E-state index in [1.54, 1.807) is 19.1 Å². The van der Waals surface area contributed by atoms with Crippen LogP contribution in [0.5, 0.6) is 0 Å². The summed E-state index contributed by atoms with van der Waals surface area (Å²) >= 11 is 0. The fraction of sp³-hybridized carbons (Fsp3) is 0.385. The lowest BCUT2D eigenvalue weighted by Gasteiger charge is -2.21. The number of aromatic nitrogens is 1. The van der Waals surface area contributed by atoms with Gasteiger partial charge >= 0.3 is 5.97 Å². The Kier molecular flexibility index (Phi) is 5.48. The topological polar surface area (TPSA) is 92.1 Å². The number of nitrogens with one attached hydrogen (secondary N) is 1. The number of carbonyl (C=O) groups excluding carboxylic acids is 2. The van der Waals surface area contributed by atoms with Crippen LogP contribution >= 0.6 is 0 Å². The van der Waals surface area contributed by atoms with Gasteiger partial charge in [-0.25, -0.2) is 4.79 Å². The summed E-state index contributed by atoms with van der Waals surface area (Å²) in [4.78, 5) is 27.4. The lowest BCUT2D eigenvalue weighted by Crippen LogP contribution is -2.45. The minimum absolute atomic E-state index is 0.149. The Hall–Kier alpha value is -2.42. The molecule has 1 amide bonds. The molecule has 19 heavy (non-hydrogen) atoms. The van der Waals surface area contributed by atoms with Gasteiger partial charge in [-0.15, -0.1) is 0 Å². The maximum absolute atomic E-state index is 12.0. The summed E-state index contributed by atoms with van der Waals surface area (Å²) in [5.41, 5.74) is 0.396. The minimum atomic E-state index is -0.842. The van der Waals surface area contributed by atoms with Gasteiger partial charge in [0.05, 0.1) is 13.2 Å². The summed E-state index contributed by atoms with van der Waals surface area (Å²) in [6, 6.07) is 4.21. The van der Waals surface area contributed by atoms with Crippen LogP contribution in [0.25, 0.3) is 0 Å². The highest BCUT2D eigenvalue weighted by atomic mass is 16.5. The van der Waals surface area contributed by atoms with Gasteiger partial charge in [-0.05, 0) is 12.1 Å². The van der Waals surface area contributed by atoms with Crippen LogP contribution in [-0.2, 0) is 9.53 Å². The van der Waals surface area contributed by atoms with Gasteiger partial charge in [-0.2, -0.15) is 5.26 Å². The standard InChI is InChI=1S/C13H15N3O3/c1-9(3-6-14)11(13(18)19-2)16-12(17)10-4-7-15-8-5-10/h4-5,7-9,11H,3H2,1-2H3,(H,16,17)/t9-,11-/m0/s1. The summed E-state index contributed by atoms with van der Waals surface area (Å²) in [5, 5.41) is 11.2. The van der Waals surface area contributed by atoms with Gasteiger partial charge < -0.3 is 10.1 Å². The van der Waals surface area contributed by atoms with Crippen molar-refractivity contribution < 1.29 is 14.3 Å². The van der Waals surface area contributed by atoms with E-state index in [1.807, 2.05) is 6.07 Å². The first-order valence-electron chi connectivity index (χ1n) is 5.75. The van der Waals surface area contributed by atoms with Gasteiger partial charge in [0.1, 0.15) is 6.04 Å². The molecular formula is C13H15N3O3. The van der Waals surface area contributed by atoms with Crippen LogP contribution in [-0.4, -0.2) is 30.0 Å². The molecule has 0 saturated heterocycles. The monoisotopic (exact) mass is 261 g/mol. The molecule has 0 aliphatic heterocycles. The molecule has 1 heterocycles. The third-order valence-electron chi connectivity index (χ3n) is 2.67. The van der Waals surface area contributed by atoms with E-state index in [-0.39, 0.29) is 12.3 Å². The predicted octanol–water partition coefficient (Wildman–Crippen LogP) is 0.903. The van der Waals surface area contributed by atoms with Crippen molar-refractivity contribution in [2.24, 2.45) is 5.92 Å². The van der Waals surface area contributed by atoms with Crippen molar-refractivity contribution in [2.75, 3.05) is 7.11 Å². The molecule has 6 nitrogen and oxygen atoms in total. The summed E-state index contributed by atoms with van der Waals surface area (Å²) in [5.74, 6) is -1.30. The van der Waals surface area contributed by atoms with E-state index in [4.69, 9.17) is 5.26 Å². The Morgan fingerprint density at radius 3 is 2.63 bits per heavy atom. The zero-order chi connectivity index (χ0) is 14.3. The second-order valence-electron chi connectivity index (χ2n) is 4.05. The molecule has 0 aliphatic carbocycles. The lowest BCUT2D eigenvalue weighted by atomic mass is 9.98. The molecule has 0 radical (unpaired) electrons. The fourth-order valence-electron chi connectivity index (χ4n) is 1.55. The predicted molar refractivity (Wildman–Crippen MR) is 66.9 cm³/mol. The Morgan fingerprint density at radius 2 is 2.11 bits per heavy atom. The zero-order valence-electron chi connectivity index (χ0n) is 10.8. The number of carbonyl (C=O) groups is 2. The Balaban J connectivity index is 2.81. The highest BCUT2D eigenvalue weighted by Gasteiger charge is 2.27. The molecule has 0 fully saturated rings. The van der Waals surface area contributed by atoms with Crippen molar-refractivity contribution in [1.29, 1.82) is 5.26 Å². The smallest absolute Gasteiger partial charge is 0.328 e. The van der Waals surface area contributed by atoms with Crippen molar-refractivity contribution in [3.63, 3.8) is 0 Å². The largest absolute Gasteiger partial charge is 0.467 e. The SMILES string of the molecule is COC(=O)[C@@H](NC(=O)c1ccncc1)[C@@H](C)CC#N. The van der Waals surface area contributed by atoms with E-state index in [9.17, 15) is 9.59 Å². The number of amides is 1. The average Bonchev–Trinajstić information content (AvgIpc) is 2.44. The summed E-state index contributed by atoms with van der Waals surface area (Å²) in [6.45, 7) is 1.71. The number of ether oxygens (including phenoxy) is 1. The maximum atomic E-state index is 12.0. The first-order chi connectivity index (χ1) is 9.10. The first-order valence-corrected chi connectivity index (χ1v) is 5.75. The molecule has 0 unspecified atom stereocenters. The number of nitrogens with zero attached hydrogens (tertiary/aromatic N) is 2. The van der Waals surface area contributed by atoms with Crippen LogP contribution in [0.2, 0.25) is 0 Å². The van der Waals surface area contributed by atoms with Crippen LogP contribution in [0.4, 0.5) is 0 Å². The number of rotatable bonds is 5. The number of esters is 1. The van der Waals surface area contributed by atoms with Gasteiger partial charge in [-0.3, -0.25) is 9.78 Å². The quantitative estimate of drug-likeness (QED) is 0.795. The van der Waals surface area contributed by atoms with Crippen LogP contribution < -0.4 is 5.32 Å². The molecule has 0 aliphatic rings. The summed E-state index contributed by atoms with van der Waals surface area (Å²) in [7, 11) is 1.24. The molecule has 100 valence electrons. The third kappa shape index (κ3) is 4.07. The van der Waals surface area contributed by atoms with E-state index in [1.165, 1.54) is 19.5 Å².